The average Bonchev–Trinajstić information content (AvgIpc) is 2.83. The molecule has 10 heteroatoms. The first-order valence-electron chi connectivity index (χ1n) is 11.6. The van der Waals surface area contributed by atoms with Gasteiger partial charge in [0.1, 0.15) is 13.2 Å². The Morgan fingerprint density at radius 1 is 0.947 bits per heavy atom. The largest absolute Gasteiger partial charge is 0.480 e. The SMILES string of the molecule is CON=C(C(=O)N[C@@H](Cc1ccc(NC(=O)c2c(Cl)cccc2Cl)cc1)C(=O)O)c1c(C)cc(C)cc1C. The molecule has 38 heavy (non-hydrogen) atoms. The summed E-state index contributed by atoms with van der Waals surface area (Å²) >= 11 is 12.2. The van der Waals surface area contributed by atoms with E-state index in [0.717, 1.165) is 16.7 Å². The van der Waals surface area contributed by atoms with E-state index in [-0.39, 0.29) is 27.7 Å². The van der Waals surface area contributed by atoms with Crippen molar-refractivity contribution in [3.8, 4) is 0 Å². The minimum Gasteiger partial charge on any atom is -0.480 e. The second kappa shape index (κ2) is 12.6. The van der Waals surface area contributed by atoms with Gasteiger partial charge in [-0.05, 0) is 61.7 Å². The highest BCUT2D eigenvalue weighted by Gasteiger charge is 2.26. The Bertz CT molecular complexity index is 1360. The molecule has 0 aliphatic heterocycles. The van der Waals surface area contributed by atoms with Gasteiger partial charge in [0.2, 0.25) is 0 Å². The number of carbonyl (C=O) groups is 3. The predicted molar refractivity (Wildman–Crippen MR) is 148 cm³/mol. The van der Waals surface area contributed by atoms with E-state index in [1.807, 2.05) is 32.9 Å². The maximum Gasteiger partial charge on any atom is 0.326 e. The number of anilines is 1. The Kier molecular flexibility index (Phi) is 9.50. The maximum atomic E-state index is 13.1. The van der Waals surface area contributed by atoms with Crippen molar-refractivity contribution in [3.05, 3.63) is 98.0 Å². The van der Waals surface area contributed by atoms with E-state index in [1.54, 1.807) is 42.5 Å². The first-order chi connectivity index (χ1) is 18.0. The summed E-state index contributed by atoms with van der Waals surface area (Å²) in [7, 11) is 1.32. The molecule has 3 rings (SSSR count). The number of aryl methyl sites for hydroxylation is 3. The van der Waals surface area contributed by atoms with Gasteiger partial charge in [-0.2, -0.15) is 0 Å². The minimum atomic E-state index is -1.24. The summed E-state index contributed by atoms with van der Waals surface area (Å²) in [6, 6.07) is 13.9. The molecule has 0 fully saturated rings. The monoisotopic (exact) mass is 555 g/mol. The number of amides is 2. The quantitative estimate of drug-likeness (QED) is 0.243. The molecule has 3 N–H and O–H groups in total. The highest BCUT2D eigenvalue weighted by Crippen LogP contribution is 2.25. The van der Waals surface area contributed by atoms with Gasteiger partial charge in [0, 0.05) is 17.7 Å². The van der Waals surface area contributed by atoms with Crippen LogP contribution in [-0.2, 0) is 20.8 Å². The van der Waals surface area contributed by atoms with Crippen LogP contribution in [0.1, 0.15) is 38.2 Å². The second-order valence-electron chi connectivity index (χ2n) is 8.71. The van der Waals surface area contributed by atoms with Crippen molar-refractivity contribution in [2.75, 3.05) is 12.4 Å². The van der Waals surface area contributed by atoms with Crippen molar-refractivity contribution >= 4 is 52.4 Å². The van der Waals surface area contributed by atoms with Crippen LogP contribution in [0.2, 0.25) is 10.0 Å². The van der Waals surface area contributed by atoms with Gasteiger partial charge in [-0.1, -0.05) is 64.3 Å². The van der Waals surface area contributed by atoms with Gasteiger partial charge < -0.3 is 20.6 Å². The van der Waals surface area contributed by atoms with Crippen molar-refractivity contribution in [1.29, 1.82) is 0 Å². The van der Waals surface area contributed by atoms with Crippen molar-refractivity contribution in [2.24, 2.45) is 5.16 Å². The number of nitrogens with zero attached hydrogens (tertiary/aromatic N) is 1. The van der Waals surface area contributed by atoms with Crippen LogP contribution in [-0.4, -0.2) is 41.8 Å². The molecule has 1 atom stereocenters. The second-order valence-corrected chi connectivity index (χ2v) is 9.53. The standard InChI is InChI=1S/C28H27Cl2N3O5/c1-15-12-16(2)23(17(3)13-15)25(33-38-4)27(35)32-22(28(36)37)14-18-8-10-19(11-9-18)31-26(34)24-20(29)6-5-7-21(24)30/h5-13,22H,14H2,1-4H3,(H,31,34)(H,32,35)(H,36,37)/t22-/m0/s1. The van der Waals surface area contributed by atoms with Crippen LogP contribution < -0.4 is 10.6 Å². The molecule has 0 aliphatic rings. The molecule has 198 valence electrons. The van der Waals surface area contributed by atoms with Gasteiger partial charge in [0.25, 0.3) is 11.8 Å². The Morgan fingerprint density at radius 3 is 2.05 bits per heavy atom. The van der Waals surface area contributed by atoms with E-state index in [4.69, 9.17) is 28.0 Å². The fraction of sp³-hybridized carbons (Fsp3) is 0.214. The molecule has 8 nitrogen and oxygen atoms in total. The summed E-state index contributed by atoms with van der Waals surface area (Å²) in [5.41, 5.74) is 4.47. The predicted octanol–water partition coefficient (Wildman–Crippen LogP) is 5.33. The van der Waals surface area contributed by atoms with Crippen molar-refractivity contribution in [3.63, 3.8) is 0 Å². The molecule has 0 aliphatic carbocycles. The number of hydrogen-bond acceptors (Lipinski definition) is 5. The van der Waals surface area contributed by atoms with Crippen LogP contribution in [0.5, 0.6) is 0 Å². The van der Waals surface area contributed by atoms with Gasteiger partial charge in [0.05, 0.1) is 15.6 Å². The summed E-state index contributed by atoms with van der Waals surface area (Å²) in [5, 5.41) is 19.4. The summed E-state index contributed by atoms with van der Waals surface area (Å²) in [5.74, 6) is -2.36. The molecule has 0 saturated carbocycles. The fourth-order valence-corrected chi connectivity index (χ4v) is 4.71. The van der Waals surface area contributed by atoms with Gasteiger partial charge >= 0.3 is 5.97 Å². The highest BCUT2D eigenvalue weighted by atomic mass is 35.5. The number of aliphatic carboxylic acids is 1. The van der Waals surface area contributed by atoms with E-state index >= 15 is 0 Å². The zero-order valence-corrected chi connectivity index (χ0v) is 22.8. The average molecular weight is 556 g/mol. The molecule has 2 amide bonds. The Morgan fingerprint density at radius 2 is 1.53 bits per heavy atom. The zero-order chi connectivity index (χ0) is 28.0. The highest BCUT2D eigenvalue weighted by molar-refractivity contribution is 6.46. The van der Waals surface area contributed by atoms with E-state index in [2.05, 4.69) is 15.8 Å². The smallest absolute Gasteiger partial charge is 0.326 e. The minimum absolute atomic E-state index is 0.00222. The molecule has 0 bridgehead atoms. The van der Waals surface area contributed by atoms with Gasteiger partial charge in [-0.25, -0.2) is 4.79 Å². The number of nitrogens with one attached hydrogen (secondary N) is 2. The maximum absolute atomic E-state index is 13.1. The molecule has 0 radical (unpaired) electrons. The van der Waals surface area contributed by atoms with E-state index in [0.29, 0.717) is 16.8 Å². The number of carbonyl (C=O) groups excluding carboxylic acids is 2. The summed E-state index contributed by atoms with van der Waals surface area (Å²) < 4.78 is 0. The van der Waals surface area contributed by atoms with Crippen molar-refractivity contribution < 1.29 is 24.3 Å². The van der Waals surface area contributed by atoms with Crippen LogP contribution in [0.25, 0.3) is 0 Å². The molecular weight excluding hydrogens is 529 g/mol. The lowest BCUT2D eigenvalue weighted by atomic mass is 9.95. The van der Waals surface area contributed by atoms with Gasteiger partial charge in [-0.3, -0.25) is 9.59 Å². The van der Waals surface area contributed by atoms with Gasteiger partial charge in [-0.15, -0.1) is 0 Å². The normalized spacial score (nSPS) is 12.0. The third kappa shape index (κ3) is 6.90. The van der Waals surface area contributed by atoms with E-state index in [9.17, 15) is 19.5 Å². The fourth-order valence-electron chi connectivity index (χ4n) is 4.14. The van der Waals surface area contributed by atoms with Crippen molar-refractivity contribution in [2.45, 2.75) is 33.2 Å². The molecule has 3 aromatic rings. The number of carboxylic acid groups (broad SMARTS) is 1. The molecule has 0 heterocycles. The number of rotatable bonds is 9. The lowest BCUT2D eigenvalue weighted by molar-refractivity contribution is -0.141. The molecule has 0 spiro atoms. The number of oxime groups is 1. The zero-order valence-electron chi connectivity index (χ0n) is 21.3. The third-order valence-electron chi connectivity index (χ3n) is 5.76. The lowest BCUT2D eigenvalue weighted by Crippen LogP contribution is -2.45. The Balaban J connectivity index is 1.75. The van der Waals surface area contributed by atoms with Crippen molar-refractivity contribution in [1.82, 2.24) is 5.32 Å². The number of hydrogen-bond donors (Lipinski definition) is 3. The molecule has 0 saturated heterocycles. The molecule has 3 aromatic carbocycles. The van der Waals surface area contributed by atoms with Crippen LogP contribution in [0, 0.1) is 20.8 Å². The van der Waals surface area contributed by atoms with Crippen LogP contribution >= 0.6 is 23.2 Å². The number of carboxylic acids is 1. The third-order valence-corrected chi connectivity index (χ3v) is 6.39. The number of benzene rings is 3. The summed E-state index contributed by atoms with van der Waals surface area (Å²) in [6.07, 6.45) is -0.00222. The molecule has 0 aromatic heterocycles. The first-order valence-corrected chi connectivity index (χ1v) is 12.3. The first kappa shape index (κ1) is 28.7. The Labute approximate surface area is 230 Å². The van der Waals surface area contributed by atoms with Gasteiger partial charge in [0.15, 0.2) is 5.71 Å². The van der Waals surface area contributed by atoms with Crippen LogP contribution in [0.4, 0.5) is 5.69 Å². The molecule has 0 unspecified atom stereocenters. The Hall–Kier alpha value is -3.88. The topological polar surface area (TPSA) is 117 Å². The summed E-state index contributed by atoms with van der Waals surface area (Å²) in [6.45, 7) is 5.64. The number of halogens is 2. The van der Waals surface area contributed by atoms with E-state index in [1.165, 1.54) is 7.11 Å². The van der Waals surface area contributed by atoms with Crippen LogP contribution in [0.3, 0.4) is 0 Å². The van der Waals surface area contributed by atoms with Crippen LogP contribution in [0.15, 0.2) is 59.8 Å². The lowest BCUT2D eigenvalue weighted by Gasteiger charge is -2.18. The van der Waals surface area contributed by atoms with E-state index < -0.39 is 23.8 Å². The molecular formula is C28H27Cl2N3O5. The summed E-state index contributed by atoms with van der Waals surface area (Å²) in [4.78, 5) is 42.6.